The molecule has 0 amide bonds. The van der Waals surface area contributed by atoms with Crippen molar-refractivity contribution in [2.75, 3.05) is 25.5 Å². The number of anilines is 1. The van der Waals surface area contributed by atoms with E-state index >= 15 is 0 Å². The maximum atomic E-state index is 4.46. The number of rotatable bonds is 5. The van der Waals surface area contributed by atoms with E-state index in [9.17, 15) is 0 Å². The summed E-state index contributed by atoms with van der Waals surface area (Å²) in [5, 5.41) is 8.17. The molecule has 5 heteroatoms. The largest absolute Gasteiger partial charge is 0.382 e. The molecule has 1 N–H and O–H groups in total. The second-order valence-corrected chi connectivity index (χ2v) is 7.14. The van der Waals surface area contributed by atoms with Gasteiger partial charge in [0.05, 0.1) is 6.54 Å². The Morgan fingerprint density at radius 3 is 2.67 bits per heavy atom. The van der Waals surface area contributed by atoms with Gasteiger partial charge in [-0.1, -0.05) is 12.1 Å². The molecule has 0 bridgehead atoms. The fourth-order valence-electron chi connectivity index (χ4n) is 3.55. The third kappa shape index (κ3) is 4.15. The molecule has 24 heavy (non-hydrogen) atoms. The van der Waals surface area contributed by atoms with Crippen molar-refractivity contribution in [2.45, 2.75) is 46.2 Å². The summed E-state index contributed by atoms with van der Waals surface area (Å²) in [7, 11) is 2.21. The zero-order chi connectivity index (χ0) is 17.1. The molecular formula is C19H29N5. The predicted octanol–water partition coefficient (Wildman–Crippen LogP) is 3.09. The van der Waals surface area contributed by atoms with Gasteiger partial charge in [0.2, 0.25) is 0 Å². The average Bonchev–Trinajstić information content (AvgIpc) is 2.86. The SMILES string of the molecule is Cc1nc(C)n(Cc2cccc(NC(C)C3CCN(C)CC3)c2)n1. The molecule has 1 fully saturated rings. The van der Waals surface area contributed by atoms with Gasteiger partial charge in [-0.15, -0.1) is 0 Å². The molecule has 1 saturated heterocycles. The van der Waals surface area contributed by atoms with Gasteiger partial charge >= 0.3 is 0 Å². The van der Waals surface area contributed by atoms with E-state index in [1.165, 1.54) is 37.2 Å². The molecule has 130 valence electrons. The number of aromatic nitrogens is 3. The van der Waals surface area contributed by atoms with Crippen LogP contribution in [0.3, 0.4) is 0 Å². The van der Waals surface area contributed by atoms with E-state index in [-0.39, 0.29) is 0 Å². The Bertz CT molecular complexity index is 670. The molecule has 1 aliphatic heterocycles. The summed E-state index contributed by atoms with van der Waals surface area (Å²) in [6, 6.07) is 9.18. The van der Waals surface area contributed by atoms with Crippen LogP contribution < -0.4 is 5.32 Å². The predicted molar refractivity (Wildman–Crippen MR) is 98.3 cm³/mol. The lowest BCUT2D eigenvalue weighted by atomic mass is 9.90. The fourth-order valence-corrected chi connectivity index (χ4v) is 3.55. The molecule has 1 aromatic heterocycles. The van der Waals surface area contributed by atoms with Crippen LogP contribution in [0.1, 0.15) is 37.0 Å². The standard InChI is InChI=1S/C19H29N5/c1-14(18-8-10-23(4)11-9-18)20-19-7-5-6-17(12-19)13-24-16(3)21-15(2)22-24/h5-7,12,14,18,20H,8-11,13H2,1-4H3. The minimum absolute atomic E-state index is 0.504. The Labute approximate surface area is 145 Å². The molecule has 2 aromatic rings. The Morgan fingerprint density at radius 2 is 2.00 bits per heavy atom. The Balaban J connectivity index is 1.63. The van der Waals surface area contributed by atoms with E-state index < -0.39 is 0 Å². The summed E-state index contributed by atoms with van der Waals surface area (Å²) < 4.78 is 1.97. The summed E-state index contributed by atoms with van der Waals surface area (Å²) in [5.74, 6) is 2.55. The van der Waals surface area contributed by atoms with Gasteiger partial charge in [-0.05, 0) is 77.4 Å². The van der Waals surface area contributed by atoms with Crippen molar-refractivity contribution in [2.24, 2.45) is 5.92 Å². The minimum atomic E-state index is 0.504. The fraction of sp³-hybridized carbons (Fsp3) is 0.579. The number of piperidine rings is 1. The van der Waals surface area contributed by atoms with E-state index in [0.717, 1.165) is 24.1 Å². The molecule has 0 radical (unpaired) electrons. The van der Waals surface area contributed by atoms with Crippen molar-refractivity contribution in [1.29, 1.82) is 0 Å². The zero-order valence-electron chi connectivity index (χ0n) is 15.3. The first-order chi connectivity index (χ1) is 11.5. The third-order valence-corrected chi connectivity index (χ3v) is 5.09. The van der Waals surface area contributed by atoms with Gasteiger partial charge in [0, 0.05) is 11.7 Å². The lowest BCUT2D eigenvalue weighted by Crippen LogP contribution is -2.37. The zero-order valence-corrected chi connectivity index (χ0v) is 15.3. The first kappa shape index (κ1) is 17.0. The van der Waals surface area contributed by atoms with Gasteiger partial charge in [-0.25, -0.2) is 9.67 Å². The van der Waals surface area contributed by atoms with Crippen molar-refractivity contribution >= 4 is 5.69 Å². The second-order valence-electron chi connectivity index (χ2n) is 7.14. The molecule has 1 aromatic carbocycles. The second kappa shape index (κ2) is 7.34. The maximum absolute atomic E-state index is 4.46. The average molecular weight is 327 g/mol. The number of benzene rings is 1. The number of nitrogens with one attached hydrogen (secondary N) is 1. The van der Waals surface area contributed by atoms with Gasteiger partial charge in [-0.3, -0.25) is 0 Å². The third-order valence-electron chi connectivity index (χ3n) is 5.09. The smallest absolute Gasteiger partial charge is 0.147 e. The van der Waals surface area contributed by atoms with Gasteiger partial charge in [-0.2, -0.15) is 5.10 Å². The van der Waals surface area contributed by atoms with Crippen LogP contribution in [0.5, 0.6) is 0 Å². The number of likely N-dealkylation sites (tertiary alicyclic amines) is 1. The maximum Gasteiger partial charge on any atom is 0.147 e. The Hall–Kier alpha value is -1.88. The van der Waals surface area contributed by atoms with Crippen LogP contribution in [0.4, 0.5) is 5.69 Å². The van der Waals surface area contributed by atoms with Crippen molar-refractivity contribution in [3.8, 4) is 0 Å². The quantitative estimate of drug-likeness (QED) is 0.917. The van der Waals surface area contributed by atoms with Crippen LogP contribution in [0.25, 0.3) is 0 Å². The van der Waals surface area contributed by atoms with Crippen LogP contribution in [0.15, 0.2) is 24.3 Å². The highest BCUT2D eigenvalue weighted by molar-refractivity contribution is 5.46. The first-order valence-corrected chi connectivity index (χ1v) is 8.93. The van der Waals surface area contributed by atoms with E-state index in [2.05, 4.69) is 58.5 Å². The molecule has 0 saturated carbocycles. The summed E-state index contributed by atoms with van der Waals surface area (Å²) in [5.41, 5.74) is 2.46. The molecule has 3 rings (SSSR count). The molecule has 0 spiro atoms. The molecule has 0 aliphatic carbocycles. The highest BCUT2D eigenvalue weighted by Crippen LogP contribution is 2.23. The molecule has 1 unspecified atom stereocenters. The van der Waals surface area contributed by atoms with Crippen LogP contribution >= 0.6 is 0 Å². The Kier molecular flexibility index (Phi) is 5.19. The molecule has 2 heterocycles. The van der Waals surface area contributed by atoms with E-state index in [4.69, 9.17) is 0 Å². The van der Waals surface area contributed by atoms with Crippen LogP contribution in [-0.4, -0.2) is 45.8 Å². The molecule has 1 aliphatic rings. The monoisotopic (exact) mass is 327 g/mol. The van der Waals surface area contributed by atoms with E-state index in [1.54, 1.807) is 0 Å². The number of aryl methyl sites for hydroxylation is 2. The first-order valence-electron chi connectivity index (χ1n) is 8.93. The van der Waals surface area contributed by atoms with Crippen molar-refractivity contribution in [3.05, 3.63) is 41.5 Å². The lowest BCUT2D eigenvalue weighted by Gasteiger charge is -2.33. The normalized spacial score (nSPS) is 17.8. The molecule has 1 atom stereocenters. The van der Waals surface area contributed by atoms with Gasteiger partial charge in [0.15, 0.2) is 0 Å². The Morgan fingerprint density at radius 1 is 1.25 bits per heavy atom. The van der Waals surface area contributed by atoms with E-state index in [1.807, 2.05) is 18.5 Å². The minimum Gasteiger partial charge on any atom is -0.382 e. The number of nitrogens with zero attached hydrogens (tertiary/aromatic N) is 4. The topological polar surface area (TPSA) is 46.0 Å². The summed E-state index contributed by atoms with van der Waals surface area (Å²) in [6.45, 7) is 9.44. The van der Waals surface area contributed by atoms with Crippen molar-refractivity contribution in [3.63, 3.8) is 0 Å². The van der Waals surface area contributed by atoms with Crippen LogP contribution in [0, 0.1) is 19.8 Å². The van der Waals surface area contributed by atoms with Crippen molar-refractivity contribution < 1.29 is 0 Å². The highest BCUT2D eigenvalue weighted by Gasteiger charge is 2.22. The summed E-state index contributed by atoms with van der Waals surface area (Å²) >= 11 is 0. The van der Waals surface area contributed by atoms with Crippen molar-refractivity contribution in [1.82, 2.24) is 19.7 Å². The van der Waals surface area contributed by atoms with Gasteiger partial charge in [0.25, 0.3) is 0 Å². The summed E-state index contributed by atoms with van der Waals surface area (Å²) in [4.78, 5) is 6.80. The number of hydrogen-bond acceptors (Lipinski definition) is 4. The molecule has 5 nitrogen and oxygen atoms in total. The van der Waals surface area contributed by atoms with Gasteiger partial charge in [0.1, 0.15) is 11.6 Å². The number of hydrogen-bond donors (Lipinski definition) is 1. The lowest BCUT2D eigenvalue weighted by molar-refractivity contribution is 0.208. The van der Waals surface area contributed by atoms with E-state index in [0.29, 0.717) is 6.04 Å². The molecular weight excluding hydrogens is 298 g/mol. The summed E-state index contributed by atoms with van der Waals surface area (Å²) in [6.07, 6.45) is 2.56. The van der Waals surface area contributed by atoms with Crippen LogP contribution in [-0.2, 0) is 6.54 Å². The van der Waals surface area contributed by atoms with Crippen LogP contribution in [0.2, 0.25) is 0 Å². The van der Waals surface area contributed by atoms with Gasteiger partial charge < -0.3 is 10.2 Å². The highest BCUT2D eigenvalue weighted by atomic mass is 15.3.